The van der Waals surface area contributed by atoms with Crippen LogP contribution in [0.15, 0.2) is 42.5 Å². The van der Waals surface area contributed by atoms with E-state index in [9.17, 15) is 9.18 Å². The Labute approximate surface area is 142 Å². The zero-order valence-electron chi connectivity index (χ0n) is 14.6. The van der Waals surface area contributed by atoms with Crippen LogP contribution >= 0.6 is 0 Å². The molecule has 1 amide bonds. The van der Waals surface area contributed by atoms with Crippen molar-refractivity contribution in [1.82, 2.24) is 5.32 Å². The van der Waals surface area contributed by atoms with Gasteiger partial charge in [0.15, 0.2) is 6.10 Å². The summed E-state index contributed by atoms with van der Waals surface area (Å²) in [5.41, 5.74) is 3.48. The molecule has 2 unspecified atom stereocenters. The molecule has 4 heteroatoms. The van der Waals surface area contributed by atoms with Crippen molar-refractivity contribution in [3.63, 3.8) is 0 Å². The van der Waals surface area contributed by atoms with Crippen LogP contribution < -0.4 is 10.1 Å². The molecule has 0 saturated heterocycles. The van der Waals surface area contributed by atoms with Gasteiger partial charge in [0, 0.05) is 0 Å². The van der Waals surface area contributed by atoms with Crippen LogP contribution in [0.1, 0.15) is 43.0 Å². The quantitative estimate of drug-likeness (QED) is 0.849. The van der Waals surface area contributed by atoms with Gasteiger partial charge in [-0.2, -0.15) is 0 Å². The van der Waals surface area contributed by atoms with Gasteiger partial charge in [-0.3, -0.25) is 4.79 Å². The van der Waals surface area contributed by atoms with Crippen molar-refractivity contribution in [3.8, 4) is 5.75 Å². The highest BCUT2D eigenvalue weighted by atomic mass is 19.1. The number of aryl methyl sites for hydroxylation is 2. The zero-order valence-corrected chi connectivity index (χ0v) is 14.6. The highest BCUT2D eigenvalue weighted by Gasteiger charge is 2.20. The third-order valence-corrected chi connectivity index (χ3v) is 4.02. The van der Waals surface area contributed by atoms with E-state index in [1.54, 1.807) is 6.92 Å². The summed E-state index contributed by atoms with van der Waals surface area (Å²) in [6.45, 7) is 7.83. The lowest BCUT2D eigenvalue weighted by Gasteiger charge is -2.22. The van der Waals surface area contributed by atoms with Gasteiger partial charge in [0.1, 0.15) is 11.6 Å². The van der Waals surface area contributed by atoms with E-state index in [0.29, 0.717) is 5.75 Å². The minimum Gasteiger partial charge on any atom is -0.481 e. The highest BCUT2D eigenvalue weighted by molar-refractivity contribution is 5.81. The Balaban J connectivity index is 2.04. The van der Waals surface area contributed by atoms with Gasteiger partial charge < -0.3 is 10.1 Å². The first-order valence-corrected chi connectivity index (χ1v) is 8.20. The lowest BCUT2D eigenvalue weighted by Crippen LogP contribution is -2.38. The van der Waals surface area contributed by atoms with Gasteiger partial charge >= 0.3 is 0 Å². The molecule has 24 heavy (non-hydrogen) atoms. The summed E-state index contributed by atoms with van der Waals surface area (Å²) in [6, 6.07) is 11.8. The van der Waals surface area contributed by atoms with E-state index in [1.807, 2.05) is 6.92 Å². The Morgan fingerprint density at radius 3 is 2.42 bits per heavy atom. The van der Waals surface area contributed by atoms with E-state index in [0.717, 1.165) is 17.5 Å². The summed E-state index contributed by atoms with van der Waals surface area (Å²) in [5, 5.41) is 3.04. The number of rotatable bonds is 6. The monoisotopic (exact) mass is 329 g/mol. The molecular formula is C20H24FNO2. The van der Waals surface area contributed by atoms with Crippen LogP contribution in [0.5, 0.6) is 5.75 Å². The number of hydrogen-bond acceptors (Lipinski definition) is 2. The van der Waals surface area contributed by atoms with Crippen molar-refractivity contribution >= 4 is 5.91 Å². The maximum absolute atomic E-state index is 12.9. The Morgan fingerprint density at radius 1 is 1.17 bits per heavy atom. The molecule has 3 nitrogen and oxygen atoms in total. The van der Waals surface area contributed by atoms with Gasteiger partial charge in [0.05, 0.1) is 6.04 Å². The third-order valence-electron chi connectivity index (χ3n) is 4.02. The molecule has 2 atom stereocenters. The second-order valence-corrected chi connectivity index (χ2v) is 6.04. The second kappa shape index (κ2) is 7.95. The topological polar surface area (TPSA) is 38.3 Å². The fourth-order valence-electron chi connectivity index (χ4n) is 2.68. The van der Waals surface area contributed by atoms with Crippen LogP contribution in [0.4, 0.5) is 4.39 Å². The molecule has 1 N–H and O–H groups in total. The molecule has 0 aliphatic heterocycles. The Kier molecular flexibility index (Phi) is 5.96. The number of ether oxygens (including phenoxy) is 1. The molecule has 128 valence electrons. The Hall–Kier alpha value is -2.36. The molecule has 0 aliphatic carbocycles. The minimum absolute atomic E-state index is 0.0580. The molecule has 0 spiro atoms. The van der Waals surface area contributed by atoms with E-state index < -0.39 is 6.10 Å². The summed E-state index contributed by atoms with van der Waals surface area (Å²) >= 11 is 0. The average Bonchev–Trinajstić information content (AvgIpc) is 2.55. The number of hydrogen-bond donors (Lipinski definition) is 1. The number of benzene rings is 2. The summed E-state index contributed by atoms with van der Waals surface area (Å²) in [5.74, 6) is -0.0508. The summed E-state index contributed by atoms with van der Waals surface area (Å²) in [4.78, 5) is 12.4. The largest absolute Gasteiger partial charge is 0.481 e. The van der Waals surface area contributed by atoms with Gasteiger partial charge in [-0.15, -0.1) is 0 Å². The smallest absolute Gasteiger partial charge is 0.261 e. The lowest BCUT2D eigenvalue weighted by atomic mass is 9.97. The van der Waals surface area contributed by atoms with Crippen LogP contribution in [0, 0.1) is 19.7 Å². The fraction of sp³-hybridized carbons (Fsp3) is 0.350. The second-order valence-electron chi connectivity index (χ2n) is 6.04. The lowest BCUT2D eigenvalue weighted by molar-refractivity contribution is -0.128. The van der Waals surface area contributed by atoms with Gasteiger partial charge in [0.2, 0.25) is 0 Å². The van der Waals surface area contributed by atoms with E-state index in [4.69, 9.17) is 4.74 Å². The van der Waals surface area contributed by atoms with Crippen molar-refractivity contribution < 1.29 is 13.9 Å². The predicted molar refractivity (Wildman–Crippen MR) is 93.6 cm³/mol. The molecule has 0 heterocycles. The summed E-state index contributed by atoms with van der Waals surface area (Å²) < 4.78 is 18.5. The van der Waals surface area contributed by atoms with Crippen LogP contribution in [0.3, 0.4) is 0 Å². The normalized spacial score (nSPS) is 13.2. The molecule has 2 rings (SSSR count). The molecule has 0 bridgehead atoms. The highest BCUT2D eigenvalue weighted by Crippen LogP contribution is 2.22. The Bertz CT molecular complexity index is 697. The number of nitrogens with one attached hydrogen (secondary N) is 1. The first kappa shape index (κ1) is 18.0. The van der Waals surface area contributed by atoms with Crippen molar-refractivity contribution in [2.45, 2.75) is 46.3 Å². The molecule has 0 fully saturated rings. The van der Waals surface area contributed by atoms with E-state index in [1.165, 1.54) is 29.8 Å². The SMILES string of the molecule is CCC(NC(=O)C(C)Oc1ccc(F)cc1)c1ccc(C)cc1C. The van der Waals surface area contributed by atoms with Gasteiger partial charge in [-0.1, -0.05) is 30.7 Å². The molecule has 0 aromatic heterocycles. The molecule has 0 saturated carbocycles. The predicted octanol–water partition coefficient (Wildman–Crippen LogP) is 4.48. The molecule has 2 aromatic carbocycles. The maximum atomic E-state index is 12.9. The van der Waals surface area contributed by atoms with Crippen molar-refractivity contribution in [2.75, 3.05) is 0 Å². The number of carbonyl (C=O) groups excluding carboxylic acids is 1. The summed E-state index contributed by atoms with van der Waals surface area (Å²) in [6.07, 6.45) is 0.133. The molecular weight excluding hydrogens is 305 g/mol. The first-order valence-electron chi connectivity index (χ1n) is 8.20. The van der Waals surface area contributed by atoms with E-state index >= 15 is 0 Å². The van der Waals surface area contributed by atoms with Gasteiger partial charge in [-0.05, 0) is 62.6 Å². The number of amides is 1. The van der Waals surface area contributed by atoms with Crippen molar-refractivity contribution in [3.05, 3.63) is 65.0 Å². The third kappa shape index (κ3) is 4.57. The van der Waals surface area contributed by atoms with Crippen LogP contribution in [0.2, 0.25) is 0 Å². The van der Waals surface area contributed by atoms with Crippen LogP contribution in [-0.2, 0) is 4.79 Å². The van der Waals surface area contributed by atoms with Crippen molar-refractivity contribution in [2.24, 2.45) is 0 Å². The minimum atomic E-state index is -0.657. The molecule has 0 aliphatic rings. The van der Waals surface area contributed by atoms with E-state index in [2.05, 4.69) is 37.4 Å². The van der Waals surface area contributed by atoms with Gasteiger partial charge in [0.25, 0.3) is 5.91 Å². The maximum Gasteiger partial charge on any atom is 0.261 e. The molecule has 2 aromatic rings. The average molecular weight is 329 g/mol. The zero-order chi connectivity index (χ0) is 17.7. The molecule has 0 radical (unpaired) electrons. The summed E-state index contributed by atoms with van der Waals surface area (Å²) in [7, 11) is 0. The number of carbonyl (C=O) groups is 1. The standard InChI is InChI=1S/C20H24FNO2/c1-5-19(18-11-6-13(2)12-14(18)3)22-20(23)15(4)24-17-9-7-16(21)8-10-17/h6-12,15,19H,5H2,1-4H3,(H,22,23). The van der Waals surface area contributed by atoms with Crippen LogP contribution in [0.25, 0.3) is 0 Å². The van der Waals surface area contributed by atoms with Crippen molar-refractivity contribution in [1.29, 1.82) is 0 Å². The first-order chi connectivity index (χ1) is 11.4. The fourth-order valence-corrected chi connectivity index (χ4v) is 2.68. The number of halogens is 1. The van der Waals surface area contributed by atoms with Crippen LogP contribution in [-0.4, -0.2) is 12.0 Å². The van der Waals surface area contributed by atoms with Gasteiger partial charge in [-0.25, -0.2) is 4.39 Å². The Morgan fingerprint density at radius 2 is 1.83 bits per heavy atom. The van der Waals surface area contributed by atoms with E-state index in [-0.39, 0.29) is 17.8 Å².